The highest BCUT2D eigenvalue weighted by Crippen LogP contribution is 2.19. The average Bonchev–Trinajstić information content (AvgIpc) is 2.33. The molecule has 0 atom stereocenters. The van der Waals surface area contributed by atoms with Crippen molar-refractivity contribution in [2.24, 2.45) is 0 Å². The van der Waals surface area contributed by atoms with Crippen LogP contribution in [0.4, 0.5) is 8.78 Å². The van der Waals surface area contributed by atoms with Gasteiger partial charge in [-0.3, -0.25) is 0 Å². The van der Waals surface area contributed by atoms with E-state index in [2.05, 4.69) is 10.2 Å². The SMILES string of the molecule is Fc1cccc(OCc2ccc(Cl)nn2)c1F. The summed E-state index contributed by atoms with van der Waals surface area (Å²) in [6.45, 7) is -0.00938. The van der Waals surface area contributed by atoms with E-state index in [-0.39, 0.29) is 17.5 Å². The molecule has 0 bridgehead atoms. The van der Waals surface area contributed by atoms with Crippen molar-refractivity contribution in [1.29, 1.82) is 0 Å². The minimum Gasteiger partial charge on any atom is -0.484 e. The van der Waals surface area contributed by atoms with E-state index in [0.29, 0.717) is 5.69 Å². The number of hydrogen-bond acceptors (Lipinski definition) is 3. The summed E-state index contributed by atoms with van der Waals surface area (Å²) in [6, 6.07) is 6.84. The molecule has 0 amide bonds. The molecule has 1 heterocycles. The third-order valence-corrected chi connectivity index (χ3v) is 2.18. The van der Waals surface area contributed by atoms with Crippen LogP contribution in [0.5, 0.6) is 5.75 Å². The van der Waals surface area contributed by atoms with Gasteiger partial charge in [-0.1, -0.05) is 17.7 Å². The molecule has 0 aliphatic carbocycles. The summed E-state index contributed by atoms with van der Waals surface area (Å²) < 4.78 is 31.2. The highest BCUT2D eigenvalue weighted by Gasteiger charge is 2.08. The van der Waals surface area contributed by atoms with Gasteiger partial charge in [-0.05, 0) is 24.3 Å². The van der Waals surface area contributed by atoms with E-state index < -0.39 is 11.6 Å². The Labute approximate surface area is 101 Å². The smallest absolute Gasteiger partial charge is 0.200 e. The Kier molecular flexibility index (Phi) is 3.49. The summed E-state index contributed by atoms with van der Waals surface area (Å²) in [5.74, 6) is -2.14. The van der Waals surface area contributed by atoms with Crippen LogP contribution in [0.25, 0.3) is 0 Å². The van der Waals surface area contributed by atoms with Crippen molar-refractivity contribution >= 4 is 11.6 Å². The molecule has 0 spiro atoms. The van der Waals surface area contributed by atoms with Crippen LogP contribution < -0.4 is 4.74 Å². The average molecular weight is 257 g/mol. The molecule has 0 aliphatic rings. The molecular weight excluding hydrogens is 250 g/mol. The summed E-state index contributed by atoms with van der Waals surface area (Å²) in [4.78, 5) is 0. The van der Waals surface area contributed by atoms with Crippen LogP contribution in [0.2, 0.25) is 5.15 Å². The number of rotatable bonds is 3. The molecule has 2 aromatic rings. The second kappa shape index (κ2) is 5.05. The van der Waals surface area contributed by atoms with E-state index in [0.717, 1.165) is 6.07 Å². The second-order valence-corrected chi connectivity index (χ2v) is 3.58. The second-order valence-electron chi connectivity index (χ2n) is 3.19. The minimum absolute atomic E-state index is 0.00938. The largest absolute Gasteiger partial charge is 0.484 e. The number of aromatic nitrogens is 2. The van der Waals surface area contributed by atoms with Crippen molar-refractivity contribution in [2.75, 3.05) is 0 Å². The molecule has 0 fully saturated rings. The lowest BCUT2D eigenvalue weighted by Gasteiger charge is -2.06. The quantitative estimate of drug-likeness (QED) is 0.847. The molecule has 0 unspecified atom stereocenters. The highest BCUT2D eigenvalue weighted by atomic mass is 35.5. The van der Waals surface area contributed by atoms with Gasteiger partial charge in [0.05, 0.1) is 0 Å². The van der Waals surface area contributed by atoms with E-state index in [4.69, 9.17) is 16.3 Å². The van der Waals surface area contributed by atoms with Crippen molar-refractivity contribution in [3.63, 3.8) is 0 Å². The van der Waals surface area contributed by atoms with Gasteiger partial charge in [-0.2, -0.15) is 9.49 Å². The van der Waals surface area contributed by atoms with Gasteiger partial charge in [0.15, 0.2) is 16.7 Å². The van der Waals surface area contributed by atoms with Gasteiger partial charge in [0, 0.05) is 0 Å². The normalized spacial score (nSPS) is 10.3. The molecule has 2 rings (SSSR count). The van der Waals surface area contributed by atoms with Crippen molar-refractivity contribution in [3.8, 4) is 5.75 Å². The van der Waals surface area contributed by atoms with E-state index >= 15 is 0 Å². The molecule has 17 heavy (non-hydrogen) atoms. The fourth-order valence-electron chi connectivity index (χ4n) is 1.17. The van der Waals surface area contributed by atoms with Gasteiger partial charge in [0.2, 0.25) is 5.82 Å². The summed E-state index contributed by atoms with van der Waals surface area (Å²) in [7, 11) is 0. The van der Waals surface area contributed by atoms with Gasteiger partial charge in [-0.15, -0.1) is 5.10 Å². The Morgan fingerprint density at radius 1 is 1.12 bits per heavy atom. The maximum atomic E-state index is 13.2. The fraction of sp³-hybridized carbons (Fsp3) is 0.0909. The zero-order valence-corrected chi connectivity index (χ0v) is 9.29. The molecule has 0 aliphatic heterocycles. The molecule has 88 valence electrons. The van der Waals surface area contributed by atoms with Crippen LogP contribution in [0.15, 0.2) is 30.3 Å². The Morgan fingerprint density at radius 2 is 1.94 bits per heavy atom. The van der Waals surface area contributed by atoms with Crippen LogP contribution >= 0.6 is 11.6 Å². The molecule has 0 saturated carbocycles. The monoisotopic (exact) mass is 256 g/mol. The fourth-order valence-corrected chi connectivity index (χ4v) is 1.27. The first-order valence-corrected chi connectivity index (χ1v) is 5.09. The van der Waals surface area contributed by atoms with Crippen molar-refractivity contribution in [2.45, 2.75) is 6.61 Å². The molecule has 3 nitrogen and oxygen atoms in total. The van der Waals surface area contributed by atoms with Gasteiger partial charge >= 0.3 is 0 Å². The van der Waals surface area contributed by atoms with Crippen LogP contribution in [-0.4, -0.2) is 10.2 Å². The number of ether oxygens (including phenoxy) is 1. The first-order valence-electron chi connectivity index (χ1n) is 4.72. The molecule has 1 aromatic heterocycles. The first-order chi connectivity index (χ1) is 8.16. The molecule has 0 radical (unpaired) electrons. The highest BCUT2D eigenvalue weighted by molar-refractivity contribution is 6.29. The van der Waals surface area contributed by atoms with E-state index in [1.54, 1.807) is 6.07 Å². The lowest BCUT2D eigenvalue weighted by molar-refractivity contribution is 0.279. The summed E-state index contributed by atoms with van der Waals surface area (Å²) in [5.41, 5.74) is 0.470. The predicted octanol–water partition coefficient (Wildman–Crippen LogP) is 2.99. The van der Waals surface area contributed by atoms with Gasteiger partial charge < -0.3 is 4.74 Å². The predicted molar refractivity (Wildman–Crippen MR) is 57.7 cm³/mol. The number of nitrogens with zero attached hydrogens (tertiary/aromatic N) is 2. The van der Waals surface area contributed by atoms with Crippen LogP contribution in [-0.2, 0) is 6.61 Å². The van der Waals surface area contributed by atoms with Crippen LogP contribution in [0.3, 0.4) is 0 Å². The number of benzene rings is 1. The Morgan fingerprint density at radius 3 is 2.65 bits per heavy atom. The maximum Gasteiger partial charge on any atom is 0.200 e. The van der Waals surface area contributed by atoms with Crippen LogP contribution in [0.1, 0.15) is 5.69 Å². The molecule has 1 aromatic carbocycles. The van der Waals surface area contributed by atoms with Crippen molar-refractivity contribution in [3.05, 3.63) is 52.8 Å². The van der Waals surface area contributed by atoms with Gasteiger partial charge in [0.1, 0.15) is 12.3 Å². The van der Waals surface area contributed by atoms with E-state index in [1.807, 2.05) is 0 Å². The van der Waals surface area contributed by atoms with Gasteiger partial charge in [0.25, 0.3) is 0 Å². The topological polar surface area (TPSA) is 35.0 Å². The standard InChI is InChI=1S/C11H7ClF2N2O/c12-10-5-4-7(15-16-10)6-17-9-3-1-2-8(13)11(9)14/h1-5H,6H2. The third kappa shape index (κ3) is 2.88. The minimum atomic E-state index is -1.02. The maximum absolute atomic E-state index is 13.2. The van der Waals surface area contributed by atoms with Crippen LogP contribution in [0, 0.1) is 11.6 Å². The molecule has 0 N–H and O–H groups in total. The molecular formula is C11H7ClF2N2O. The summed E-state index contributed by atoms with van der Waals surface area (Å²) in [6.07, 6.45) is 0. The third-order valence-electron chi connectivity index (χ3n) is 1.98. The van der Waals surface area contributed by atoms with Gasteiger partial charge in [-0.25, -0.2) is 4.39 Å². The zero-order chi connectivity index (χ0) is 12.3. The van der Waals surface area contributed by atoms with E-state index in [9.17, 15) is 8.78 Å². The van der Waals surface area contributed by atoms with Crippen molar-refractivity contribution in [1.82, 2.24) is 10.2 Å². The Bertz CT molecular complexity index is 519. The first kappa shape index (κ1) is 11.7. The number of halogens is 3. The Balaban J connectivity index is 2.07. The number of hydrogen-bond donors (Lipinski definition) is 0. The lowest BCUT2D eigenvalue weighted by Crippen LogP contribution is -2.01. The van der Waals surface area contributed by atoms with Crippen molar-refractivity contribution < 1.29 is 13.5 Å². The van der Waals surface area contributed by atoms with E-state index in [1.165, 1.54) is 18.2 Å². The summed E-state index contributed by atoms with van der Waals surface area (Å²) in [5, 5.41) is 7.58. The molecule has 6 heteroatoms. The zero-order valence-electron chi connectivity index (χ0n) is 8.53. The lowest BCUT2D eigenvalue weighted by atomic mass is 10.3. The summed E-state index contributed by atoms with van der Waals surface area (Å²) >= 11 is 5.55. The molecule has 0 saturated heterocycles. The Hall–Kier alpha value is -1.75.